The first-order valence-corrected chi connectivity index (χ1v) is 3.55. The van der Waals surface area contributed by atoms with Crippen LogP contribution in [0.4, 0.5) is 11.4 Å². The second-order valence-electron chi connectivity index (χ2n) is 2.41. The van der Waals surface area contributed by atoms with E-state index in [4.69, 9.17) is 5.73 Å². The van der Waals surface area contributed by atoms with Gasteiger partial charge in [-0.3, -0.25) is 5.43 Å². The maximum atomic E-state index is 5.60. The van der Waals surface area contributed by atoms with E-state index in [1.54, 1.807) is 11.5 Å². The predicted molar refractivity (Wildman–Crippen MR) is 48.1 cm³/mol. The number of nitrogen functional groups attached to an aromatic ring is 1. The summed E-state index contributed by atoms with van der Waals surface area (Å²) in [4.78, 5) is 0. The highest BCUT2D eigenvalue weighted by molar-refractivity contribution is 5.62. The van der Waals surface area contributed by atoms with Crippen LogP contribution in [0.5, 0.6) is 0 Å². The second kappa shape index (κ2) is 2.71. The zero-order valence-electron chi connectivity index (χ0n) is 6.36. The number of hydrogen-bond donors (Lipinski definition) is 3. The van der Waals surface area contributed by atoms with Gasteiger partial charge in [0.2, 0.25) is 0 Å². The van der Waals surface area contributed by atoms with Crippen molar-refractivity contribution in [3.63, 3.8) is 0 Å². The highest BCUT2D eigenvalue weighted by atomic mass is 15.8. The van der Waals surface area contributed by atoms with Gasteiger partial charge in [-0.25, -0.2) is 0 Å². The van der Waals surface area contributed by atoms with Gasteiger partial charge >= 0.3 is 0 Å². The molecule has 0 unspecified atom stereocenters. The van der Waals surface area contributed by atoms with Crippen molar-refractivity contribution in [1.82, 2.24) is 11.0 Å². The highest BCUT2D eigenvalue weighted by Gasteiger charge is 2.06. The molecule has 0 bridgehead atoms. The SMILES string of the molecule is Nc1cccc(N2N=CNN2)c1. The zero-order chi connectivity index (χ0) is 8.39. The van der Waals surface area contributed by atoms with Crippen molar-refractivity contribution in [2.75, 3.05) is 10.9 Å². The summed E-state index contributed by atoms with van der Waals surface area (Å²) in [6.45, 7) is 0. The fourth-order valence-electron chi connectivity index (χ4n) is 0.993. The molecule has 0 radical (unpaired) electrons. The van der Waals surface area contributed by atoms with E-state index in [2.05, 4.69) is 16.1 Å². The average Bonchev–Trinajstić information content (AvgIpc) is 2.56. The summed E-state index contributed by atoms with van der Waals surface area (Å²) in [5, 5.41) is 5.57. The molecule has 62 valence electrons. The van der Waals surface area contributed by atoms with E-state index in [-0.39, 0.29) is 0 Å². The van der Waals surface area contributed by atoms with E-state index in [0.717, 1.165) is 11.4 Å². The van der Waals surface area contributed by atoms with Crippen LogP contribution in [0.3, 0.4) is 0 Å². The van der Waals surface area contributed by atoms with Crippen molar-refractivity contribution < 1.29 is 0 Å². The lowest BCUT2D eigenvalue weighted by Gasteiger charge is -2.12. The number of nitrogens with zero attached hydrogens (tertiary/aromatic N) is 2. The monoisotopic (exact) mass is 163 g/mol. The number of rotatable bonds is 1. The summed E-state index contributed by atoms with van der Waals surface area (Å²) in [6, 6.07) is 7.45. The Kier molecular flexibility index (Phi) is 1.56. The molecule has 1 aliphatic heterocycles. The molecule has 0 saturated heterocycles. The lowest BCUT2D eigenvalue weighted by Crippen LogP contribution is -2.36. The van der Waals surface area contributed by atoms with Crippen LogP contribution >= 0.6 is 0 Å². The van der Waals surface area contributed by atoms with Gasteiger partial charge in [0.1, 0.15) is 6.34 Å². The Morgan fingerprint density at radius 1 is 1.42 bits per heavy atom. The summed E-state index contributed by atoms with van der Waals surface area (Å²) in [7, 11) is 0. The van der Waals surface area contributed by atoms with Gasteiger partial charge in [0.25, 0.3) is 0 Å². The minimum absolute atomic E-state index is 0.719. The molecule has 4 N–H and O–H groups in total. The van der Waals surface area contributed by atoms with Gasteiger partial charge in [-0.1, -0.05) is 6.07 Å². The van der Waals surface area contributed by atoms with E-state index in [1.165, 1.54) is 0 Å². The maximum Gasteiger partial charge on any atom is 0.126 e. The number of nitrogens with one attached hydrogen (secondary N) is 2. The summed E-state index contributed by atoms with van der Waals surface area (Å²) >= 11 is 0. The molecule has 1 aromatic rings. The Morgan fingerprint density at radius 3 is 3.00 bits per heavy atom. The molecular weight excluding hydrogens is 154 g/mol. The van der Waals surface area contributed by atoms with Crippen molar-refractivity contribution >= 4 is 17.7 Å². The van der Waals surface area contributed by atoms with Crippen LogP contribution in [0.15, 0.2) is 29.4 Å². The summed E-state index contributed by atoms with van der Waals surface area (Å²) in [6.07, 6.45) is 1.56. The first kappa shape index (κ1) is 6.93. The molecule has 1 aromatic carbocycles. The Labute approximate surface area is 69.8 Å². The Hall–Kier alpha value is -1.75. The fraction of sp³-hybridized carbons (Fsp3) is 0. The number of benzene rings is 1. The summed E-state index contributed by atoms with van der Waals surface area (Å²) < 4.78 is 0. The second-order valence-corrected chi connectivity index (χ2v) is 2.41. The number of hydrogen-bond acceptors (Lipinski definition) is 5. The molecule has 12 heavy (non-hydrogen) atoms. The van der Waals surface area contributed by atoms with Gasteiger partial charge in [0.15, 0.2) is 0 Å². The number of anilines is 2. The van der Waals surface area contributed by atoms with Crippen LogP contribution in [-0.2, 0) is 0 Å². The normalized spacial score (nSPS) is 14.8. The molecule has 0 amide bonds. The number of hydrazine groups is 2. The average molecular weight is 163 g/mol. The largest absolute Gasteiger partial charge is 0.399 e. The molecule has 0 saturated carbocycles. The minimum Gasteiger partial charge on any atom is -0.399 e. The van der Waals surface area contributed by atoms with Crippen LogP contribution in [0.2, 0.25) is 0 Å². The predicted octanol–water partition coefficient (Wildman–Crippen LogP) is 0.0413. The van der Waals surface area contributed by atoms with Crippen molar-refractivity contribution in [3.05, 3.63) is 24.3 Å². The third-order valence-corrected chi connectivity index (χ3v) is 1.52. The highest BCUT2D eigenvalue weighted by Crippen LogP contribution is 2.16. The van der Waals surface area contributed by atoms with Crippen molar-refractivity contribution in [2.45, 2.75) is 0 Å². The van der Waals surface area contributed by atoms with E-state index < -0.39 is 0 Å². The molecule has 0 spiro atoms. The molecule has 5 nitrogen and oxygen atoms in total. The first-order chi connectivity index (χ1) is 5.86. The molecule has 1 heterocycles. The molecule has 0 atom stereocenters. The van der Waals surface area contributed by atoms with Crippen molar-refractivity contribution in [3.8, 4) is 0 Å². The maximum absolute atomic E-state index is 5.60. The zero-order valence-corrected chi connectivity index (χ0v) is 6.36. The lowest BCUT2D eigenvalue weighted by atomic mass is 10.3. The van der Waals surface area contributed by atoms with E-state index in [9.17, 15) is 0 Å². The van der Waals surface area contributed by atoms with E-state index in [0.29, 0.717) is 0 Å². The van der Waals surface area contributed by atoms with Crippen LogP contribution in [0.1, 0.15) is 0 Å². The molecule has 1 aliphatic rings. The summed E-state index contributed by atoms with van der Waals surface area (Å²) in [5.74, 6) is 0. The Balaban J connectivity index is 2.27. The molecular formula is C7H9N5. The topological polar surface area (TPSA) is 65.7 Å². The van der Waals surface area contributed by atoms with Gasteiger partial charge in [-0.2, -0.15) is 5.12 Å². The van der Waals surface area contributed by atoms with E-state index in [1.807, 2.05) is 24.3 Å². The van der Waals surface area contributed by atoms with Crippen LogP contribution in [0, 0.1) is 0 Å². The molecule has 5 heteroatoms. The van der Waals surface area contributed by atoms with Gasteiger partial charge in [-0.15, -0.1) is 10.6 Å². The van der Waals surface area contributed by atoms with Crippen molar-refractivity contribution in [2.24, 2.45) is 5.10 Å². The molecule has 0 aromatic heterocycles. The fourth-order valence-corrected chi connectivity index (χ4v) is 0.993. The van der Waals surface area contributed by atoms with Crippen molar-refractivity contribution in [1.29, 1.82) is 0 Å². The van der Waals surface area contributed by atoms with Gasteiger partial charge in [-0.05, 0) is 18.2 Å². The van der Waals surface area contributed by atoms with E-state index >= 15 is 0 Å². The number of hydrazone groups is 1. The van der Waals surface area contributed by atoms with Gasteiger partial charge < -0.3 is 5.73 Å². The Bertz CT molecular complexity index is 308. The Morgan fingerprint density at radius 2 is 2.33 bits per heavy atom. The number of nitrogens with two attached hydrogens (primary N) is 1. The smallest absolute Gasteiger partial charge is 0.126 e. The van der Waals surface area contributed by atoms with Crippen LogP contribution in [0.25, 0.3) is 0 Å². The van der Waals surface area contributed by atoms with Gasteiger partial charge in [0.05, 0.1) is 5.69 Å². The standard InChI is InChI=1S/C7H9N5/c8-6-2-1-3-7(4-6)12-10-5-9-11-12/h1-5,11H,8H2,(H,9,10). The van der Waals surface area contributed by atoms with Gasteiger partial charge in [0, 0.05) is 5.69 Å². The first-order valence-electron chi connectivity index (χ1n) is 3.55. The molecule has 0 aliphatic carbocycles. The third kappa shape index (κ3) is 1.17. The molecule has 2 rings (SSSR count). The third-order valence-electron chi connectivity index (χ3n) is 1.52. The summed E-state index contributed by atoms with van der Waals surface area (Å²) in [5.41, 5.74) is 12.8. The molecule has 0 fully saturated rings. The van der Waals surface area contributed by atoms with Crippen LogP contribution < -0.4 is 21.8 Å². The van der Waals surface area contributed by atoms with Crippen LogP contribution in [-0.4, -0.2) is 6.34 Å². The quantitative estimate of drug-likeness (QED) is 0.511. The minimum atomic E-state index is 0.719. The lowest BCUT2D eigenvalue weighted by molar-refractivity contribution is 0.666.